The fourth-order valence-electron chi connectivity index (χ4n) is 4.42. The van der Waals surface area contributed by atoms with Gasteiger partial charge in [-0.25, -0.2) is 4.98 Å². The van der Waals surface area contributed by atoms with Crippen LogP contribution in [0.2, 0.25) is 0 Å². The number of benzene rings is 1. The summed E-state index contributed by atoms with van der Waals surface area (Å²) in [5.41, 5.74) is 0.502. The number of aromatic nitrogens is 1. The highest BCUT2D eigenvalue weighted by Crippen LogP contribution is 2.29. The second-order valence-corrected chi connectivity index (χ2v) is 8.65. The van der Waals surface area contributed by atoms with E-state index in [1.165, 1.54) is 11.8 Å². The van der Waals surface area contributed by atoms with Crippen LogP contribution in [0.3, 0.4) is 0 Å². The molecule has 2 fully saturated rings. The number of amides is 1. The molecule has 0 spiro atoms. The van der Waals surface area contributed by atoms with Crippen molar-refractivity contribution < 1.29 is 18.0 Å². The molecule has 1 aromatic heterocycles. The van der Waals surface area contributed by atoms with E-state index >= 15 is 0 Å². The summed E-state index contributed by atoms with van der Waals surface area (Å²) in [4.78, 5) is 23.1. The normalized spacial score (nSPS) is 18.4. The van der Waals surface area contributed by atoms with E-state index in [1.807, 2.05) is 11.0 Å². The van der Waals surface area contributed by atoms with Crippen LogP contribution < -0.4 is 15.1 Å². The third kappa shape index (κ3) is 6.37. The van der Waals surface area contributed by atoms with Crippen molar-refractivity contribution in [1.29, 1.82) is 0 Å². The lowest BCUT2D eigenvalue weighted by molar-refractivity contribution is -0.137. The molecule has 4 rings (SSSR count). The van der Waals surface area contributed by atoms with Crippen molar-refractivity contribution in [2.24, 2.45) is 0 Å². The van der Waals surface area contributed by atoms with E-state index in [9.17, 15) is 18.0 Å². The number of hydrogen-bond donors (Lipinski definition) is 1. The van der Waals surface area contributed by atoms with Crippen LogP contribution >= 0.6 is 0 Å². The molecule has 0 radical (unpaired) electrons. The first-order valence-electron chi connectivity index (χ1n) is 11.5. The average molecular weight is 462 g/mol. The summed E-state index contributed by atoms with van der Waals surface area (Å²) in [6.45, 7) is 5.88. The van der Waals surface area contributed by atoms with Crippen molar-refractivity contribution in [3.63, 3.8) is 0 Å². The van der Waals surface area contributed by atoms with E-state index in [0.717, 1.165) is 57.8 Å². The topological polar surface area (TPSA) is 51.7 Å². The summed E-state index contributed by atoms with van der Waals surface area (Å²) in [5.74, 6) is 0.606. The Bertz CT molecular complexity index is 891. The van der Waals surface area contributed by atoms with Crippen LogP contribution in [0.5, 0.6) is 0 Å². The van der Waals surface area contributed by atoms with Crippen LogP contribution in [0.15, 0.2) is 48.7 Å². The molecule has 1 aromatic carbocycles. The van der Waals surface area contributed by atoms with Gasteiger partial charge in [-0.2, -0.15) is 13.2 Å². The monoisotopic (exact) mass is 461 g/mol. The zero-order valence-electron chi connectivity index (χ0n) is 18.6. The molecule has 2 aliphatic heterocycles. The van der Waals surface area contributed by atoms with Crippen molar-refractivity contribution >= 4 is 17.4 Å². The van der Waals surface area contributed by atoms with Gasteiger partial charge in [-0.15, -0.1) is 0 Å². The number of halogens is 3. The fourth-order valence-corrected chi connectivity index (χ4v) is 4.42. The number of alkyl halides is 3. The van der Waals surface area contributed by atoms with E-state index in [1.54, 1.807) is 0 Å². The average Bonchev–Trinajstić information content (AvgIpc) is 2.84. The maximum Gasteiger partial charge on any atom is 0.417 e. The summed E-state index contributed by atoms with van der Waals surface area (Å²) in [6.07, 6.45) is -1.51. The molecule has 9 heteroatoms. The standard InChI is InChI=1S/C24H30F3N5O/c25-24(26,27)19-6-7-22(28-18-19)32-12-8-20(9-13-32)29-23(33)10-11-30-14-16-31(17-15-30)21-4-2-1-3-5-21/h1-7,18,20H,8-17H2,(H,29,33). The number of rotatable bonds is 6. The highest BCUT2D eigenvalue weighted by molar-refractivity contribution is 5.76. The van der Waals surface area contributed by atoms with E-state index in [4.69, 9.17) is 0 Å². The van der Waals surface area contributed by atoms with Crippen LogP contribution in [0.25, 0.3) is 0 Å². The number of nitrogens with one attached hydrogen (secondary N) is 1. The van der Waals surface area contributed by atoms with Crippen molar-refractivity contribution in [2.75, 3.05) is 55.6 Å². The second-order valence-electron chi connectivity index (χ2n) is 8.65. The first-order valence-corrected chi connectivity index (χ1v) is 11.5. The molecule has 0 atom stereocenters. The zero-order valence-corrected chi connectivity index (χ0v) is 18.6. The molecule has 0 saturated carbocycles. The van der Waals surface area contributed by atoms with Gasteiger partial charge in [-0.3, -0.25) is 9.69 Å². The summed E-state index contributed by atoms with van der Waals surface area (Å²) in [7, 11) is 0. The highest BCUT2D eigenvalue weighted by atomic mass is 19.4. The minimum atomic E-state index is -4.38. The van der Waals surface area contributed by atoms with Crippen LogP contribution in [-0.4, -0.2) is 67.6 Å². The Morgan fingerprint density at radius 3 is 2.24 bits per heavy atom. The van der Waals surface area contributed by atoms with Gasteiger partial charge in [0.25, 0.3) is 0 Å². The second kappa shape index (κ2) is 10.4. The molecular formula is C24H30F3N5O. The van der Waals surface area contributed by atoms with Crippen LogP contribution in [0, 0.1) is 0 Å². The number of hydrogen-bond acceptors (Lipinski definition) is 5. The van der Waals surface area contributed by atoms with Gasteiger partial charge < -0.3 is 15.1 Å². The van der Waals surface area contributed by atoms with Gasteiger partial charge in [0.15, 0.2) is 0 Å². The molecule has 2 aromatic rings. The molecule has 0 aliphatic carbocycles. The molecular weight excluding hydrogens is 431 g/mol. The quantitative estimate of drug-likeness (QED) is 0.715. The SMILES string of the molecule is O=C(CCN1CCN(c2ccccc2)CC1)NC1CCN(c2ccc(C(F)(F)F)cn2)CC1. The first-order chi connectivity index (χ1) is 15.9. The van der Waals surface area contributed by atoms with Gasteiger partial charge in [0, 0.05) is 70.2 Å². The Morgan fingerprint density at radius 1 is 0.939 bits per heavy atom. The smallest absolute Gasteiger partial charge is 0.369 e. The molecule has 0 unspecified atom stereocenters. The van der Waals surface area contributed by atoms with Crippen molar-refractivity contribution in [3.05, 3.63) is 54.2 Å². The molecule has 2 aliphatic rings. The molecule has 2 saturated heterocycles. The molecule has 0 bridgehead atoms. The Morgan fingerprint density at radius 2 is 1.64 bits per heavy atom. The predicted octanol–water partition coefficient (Wildman–Crippen LogP) is 3.40. The molecule has 6 nitrogen and oxygen atoms in total. The number of pyridine rings is 1. The van der Waals surface area contributed by atoms with Gasteiger partial charge in [-0.05, 0) is 37.1 Å². The van der Waals surface area contributed by atoms with Crippen LogP contribution in [0.4, 0.5) is 24.7 Å². The van der Waals surface area contributed by atoms with E-state index in [0.29, 0.717) is 25.3 Å². The minimum absolute atomic E-state index is 0.0617. The van der Waals surface area contributed by atoms with Gasteiger partial charge in [-0.1, -0.05) is 18.2 Å². The number of anilines is 2. The van der Waals surface area contributed by atoms with Crippen LogP contribution in [-0.2, 0) is 11.0 Å². The molecule has 33 heavy (non-hydrogen) atoms. The van der Waals surface area contributed by atoms with Crippen molar-refractivity contribution in [3.8, 4) is 0 Å². The molecule has 1 amide bonds. The Hall–Kier alpha value is -2.81. The third-order valence-corrected chi connectivity index (χ3v) is 6.41. The summed E-state index contributed by atoms with van der Waals surface area (Å²) < 4.78 is 38.1. The minimum Gasteiger partial charge on any atom is -0.369 e. The predicted molar refractivity (Wildman–Crippen MR) is 122 cm³/mol. The number of nitrogens with zero attached hydrogens (tertiary/aromatic N) is 4. The lowest BCUT2D eigenvalue weighted by Gasteiger charge is -2.36. The van der Waals surface area contributed by atoms with Crippen LogP contribution in [0.1, 0.15) is 24.8 Å². The van der Waals surface area contributed by atoms with Crippen molar-refractivity contribution in [1.82, 2.24) is 15.2 Å². The Kier molecular flexibility index (Phi) is 7.37. The summed E-state index contributed by atoms with van der Waals surface area (Å²) >= 11 is 0. The number of carbonyl (C=O) groups excluding carboxylic acids is 1. The van der Waals surface area contributed by atoms with Gasteiger partial charge >= 0.3 is 6.18 Å². The van der Waals surface area contributed by atoms with Gasteiger partial charge in [0.1, 0.15) is 5.82 Å². The van der Waals surface area contributed by atoms with Crippen molar-refractivity contribution in [2.45, 2.75) is 31.5 Å². The molecule has 1 N–H and O–H groups in total. The Balaban J connectivity index is 1.14. The molecule has 178 valence electrons. The van der Waals surface area contributed by atoms with E-state index in [-0.39, 0.29) is 11.9 Å². The zero-order chi connectivity index (χ0) is 23.3. The lowest BCUT2D eigenvalue weighted by atomic mass is 10.0. The summed E-state index contributed by atoms with van der Waals surface area (Å²) in [5, 5.41) is 3.12. The van der Waals surface area contributed by atoms with Gasteiger partial charge in [0.2, 0.25) is 5.91 Å². The number of piperazine rings is 1. The number of piperidine rings is 1. The lowest BCUT2D eigenvalue weighted by Crippen LogP contribution is -2.48. The number of para-hydroxylation sites is 1. The maximum absolute atomic E-state index is 12.7. The first kappa shape index (κ1) is 23.4. The number of carbonyl (C=O) groups is 1. The fraction of sp³-hybridized carbons (Fsp3) is 0.500. The van der Waals surface area contributed by atoms with E-state index < -0.39 is 11.7 Å². The highest BCUT2D eigenvalue weighted by Gasteiger charge is 2.31. The molecule has 3 heterocycles. The maximum atomic E-state index is 12.7. The summed E-state index contributed by atoms with van der Waals surface area (Å²) in [6, 6.07) is 13.0. The third-order valence-electron chi connectivity index (χ3n) is 6.41. The van der Waals surface area contributed by atoms with E-state index in [2.05, 4.69) is 44.4 Å². The van der Waals surface area contributed by atoms with Gasteiger partial charge in [0.05, 0.1) is 5.56 Å². The Labute approximate surface area is 192 Å². The largest absolute Gasteiger partial charge is 0.417 e.